The van der Waals surface area contributed by atoms with Crippen molar-refractivity contribution in [2.24, 2.45) is 0 Å². The van der Waals surface area contributed by atoms with Gasteiger partial charge in [-0.2, -0.15) is 18.4 Å². The third-order valence-corrected chi connectivity index (χ3v) is 5.26. The maximum atomic E-state index is 13.1. The first-order valence-corrected chi connectivity index (χ1v) is 9.82. The van der Waals surface area contributed by atoms with E-state index in [1.807, 2.05) is 0 Å². The minimum absolute atomic E-state index is 0.239. The number of hydrogen-bond donors (Lipinski definition) is 0. The molecule has 0 radical (unpaired) electrons. The highest BCUT2D eigenvalue weighted by Gasteiger charge is 2.30. The molecule has 0 amide bonds. The van der Waals surface area contributed by atoms with Crippen molar-refractivity contribution in [3.63, 3.8) is 0 Å². The lowest BCUT2D eigenvalue weighted by molar-refractivity contribution is -0.137. The standard InChI is InChI=1S/C23H12F4N2OS/c24-18-6-4-14(5-7-18)20-13-31-22(29-20)16(12-28)11-19-8-9-21(30-19)15-2-1-3-17(10-15)23(25,26)27/h1-11,13H/b16-11+. The summed E-state index contributed by atoms with van der Waals surface area (Å²) in [7, 11) is 0. The number of rotatable bonds is 4. The molecule has 2 aromatic heterocycles. The maximum Gasteiger partial charge on any atom is 0.416 e. The van der Waals surface area contributed by atoms with Crippen LogP contribution >= 0.6 is 11.3 Å². The topological polar surface area (TPSA) is 49.8 Å². The van der Waals surface area contributed by atoms with E-state index in [1.54, 1.807) is 29.6 Å². The Bertz CT molecular complexity index is 1290. The van der Waals surface area contributed by atoms with Gasteiger partial charge in [-0.15, -0.1) is 11.3 Å². The molecule has 154 valence electrons. The van der Waals surface area contributed by atoms with Crippen molar-refractivity contribution in [2.45, 2.75) is 6.18 Å². The van der Waals surface area contributed by atoms with Gasteiger partial charge in [0.25, 0.3) is 0 Å². The fourth-order valence-electron chi connectivity index (χ4n) is 2.87. The van der Waals surface area contributed by atoms with Gasteiger partial charge in [0, 0.05) is 22.6 Å². The van der Waals surface area contributed by atoms with Gasteiger partial charge in [0.15, 0.2) is 0 Å². The van der Waals surface area contributed by atoms with E-state index in [-0.39, 0.29) is 22.7 Å². The Morgan fingerprint density at radius 2 is 1.81 bits per heavy atom. The molecule has 0 saturated heterocycles. The van der Waals surface area contributed by atoms with Gasteiger partial charge >= 0.3 is 6.18 Å². The number of allylic oxidation sites excluding steroid dienone is 1. The average molecular weight is 440 g/mol. The summed E-state index contributed by atoms with van der Waals surface area (Å²) < 4.78 is 57.6. The van der Waals surface area contributed by atoms with E-state index < -0.39 is 11.7 Å². The number of halogens is 4. The second-order valence-corrected chi connectivity index (χ2v) is 7.35. The average Bonchev–Trinajstić information content (AvgIpc) is 3.42. The number of hydrogen-bond acceptors (Lipinski definition) is 4. The van der Waals surface area contributed by atoms with Crippen LogP contribution in [0.15, 0.2) is 70.5 Å². The van der Waals surface area contributed by atoms with Crippen LogP contribution in [0.4, 0.5) is 17.6 Å². The Labute approximate surface area is 178 Å². The molecule has 2 aromatic carbocycles. The Morgan fingerprint density at radius 3 is 2.52 bits per heavy atom. The smallest absolute Gasteiger partial charge is 0.416 e. The summed E-state index contributed by atoms with van der Waals surface area (Å²) in [5, 5.41) is 11.7. The van der Waals surface area contributed by atoms with Crippen LogP contribution in [-0.2, 0) is 6.18 Å². The van der Waals surface area contributed by atoms with E-state index in [0.29, 0.717) is 22.0 Å². The first kappa shape index (κ1) is 20.6. The molecule has 3 nitrogen and oxygen atoms in total. The lowest BCUT2D eigenvalue weighted by Gasteiger charge is -2.07. The summed E-state index contributed by atoms with van der Waals surface area (Å²) in [5.74, 6) is 0.203. The predicted octanol–water partition coefficient (Wildman–Crippen LogP) is 7.29. The molecule has 0 aliphatic heterocycles. The van der Waals surface area contributed by atoms with Crippen LogP contribution in [0.2, 0.25) is 0 Å². The van der Waals surface area contributed by atoms with Crippen molar-refractivity contribution in [1.29, 1.82) is 5.26 Å². The number of benzene rings is 2. The van der Waals surface area contributed by atoms with Gasteiger partial charge in [0.1, 0.15) is 28.4 Å². The summed E-state index contributed by atoms with van der Waals surface area (Å²) in [6.07, 6.45) is -2.98. The van der Waals surface area contributed by atoms with Gasteiger partial charge in [-0.3, -0.25) is 0 Å². The Morgan fingerprint density at radius 1 is 1.03 bits per heavy atom. The van der Waals surface area contributed by atoms with E-state index in [2.05, 4.69) is 11.1 Å². The normalized spacial score (nSPS) is 12.0. The van der Waals surface area contributed by atoms with Crippen LogP contribution in [0.25, 0.3) is 34.2 Å². The molecule has 31 heavy (non-hydrogen) atoms. The number of furan rings is 1. The van der Waals surface area contributed by atoms with Gasteiger partial charge in [-0.1, -0.05) is 12.1 Å². The Kier molecular flexibility index (Phi) is 5.44. The molecule has 4 aromatic rings. The van der Waals surface area contributed by atoms with Crippen molar-refractivity contribution in [3.8, 4) is 28.7 Å². The fraction of sp³-hybridized carbons (Fsp3) is 0.0435. The first-order chi connectivity index (χ1) is 14.8. The highest BCUT2D eigenvalue weighted by atomic mass is 32.1. The van der Waals surface area contributed by atoms with Gasteiger partial charge in [0.05, 0.1) is 16.8 Å². The molecule has 0 spiro atoms. The zero-order valence-corrected chi connectivity index (χ0v) is 16.5. The molecule has 0 atom stereocenters. The molecule has 0 N–H and O–H groups in total. The summed E-state index contributed by atoms with van der Waals surface area (Å²) in [6, 6.07) is 15.8. The summed E-state index contributed by atoms with van der Waals surface area (Å²) in [6.45, 7) is 0. The maximum absolute atomic E-state index is 13.1. The molecule has 8 heteroatoms. The molecule has 0 unspecified atom stereocenters. The predicted molar refractivity (Wildman–Crippen MR) is 110 cm³/mol. The zero-order chi connectivity index (χ0) is 22.0. The SMILES string of the molecule is N#C/C(=C\c1ccc(-c2cccc(C(F)(F)F)c2)o1)c1nc(-c2ccc(F)cc2)cs1. The van der Waals surface area contributed by atoms with Crippen LogP contribution in [0.3, 0.4) is 0 Å². The molecule has 0 bridgehead atoms. The lowest BCUT2D eigenvalue weighted by Crippen LogP contribution is -2.04. The van der Waals surface area contributed by atoms with Gasteiger partial charge < -0.3 is 4.42 Å². The monoisotopic (exact) mass is 440 g/mol. The van der Waals surface area contributed by atoms with Gasteiger partial charge in [-0.25, -0.2) is 9.37 Å². The molecule has 0 saturated carbocycles. The van der Waals surface area contributed by atoms with E-state index in [4.69, 9.17) is 4.42 Å². The van der Waals surface area contributed by atoms with E-state index >= 15 is 0 Å². The van der Waals surface area contributed by atoms with Crippen molar-refractivity contribution in [2.75, 3.05) is 0 Å². The van der Waals surface area contributed by atoms with E-state index in [0.717, 1.165) is 12.1 Å². The Hall–Kier alpha value is -3.70. The number of alkyl halides is 3. The molecule has 2 heterocycles. The first-order valence-electron chi connectivity index (χ1n) is 8.94. The molecule has 4 rings (SSSR count). The number of thiazole rings is 1. The van der Waals surface area contributed by atoms with Gasteiger partial charge in [-0.05, 0) is 48.5 Å². The number of nitrogens with zero attached hydrogens (tertiary/aromatic N) is 2. The minimum atomic E-state index is -4.45. The summed E-state index contributed by atoms with van der Waals surface area (Å²) >= 11 is 1.25. The van der Waals surface area contributed by atoms with Crippen molar-refractivity contribution >= 4 is 23.0 Å². The van der Waals surface area contributed by atoms with Crippen molar-refractivity contribution in [1.82, 2.24) is 4.98 Å². The number of nitriles is 1. The van der Waals surface area contributed by atoms with Crippen LogP contribution in [0.5, 0.6) is 0 Å². The second-order valence-electron chi connectivity index (χ2n) is 6.50. The molecule has 0 aliphatic carbocycles. The van der Waals surface area contributed by atoms with Crippen LogP contribution in [-0.4, -0.2) is 4.98 Å². The molecular weight excluding hydrogens is 428 g/mol. The summed E-state index contributed by atoms with van der Waals surface area (Å²) in [5.41, 5.74) is 1.06. The zero-order valence-electron chi connectivity index (χ0n) is 15.7. The third-order valence-electron chi connectivity index (χ3n) is 4.38. The second kappa shape index (κ2) is 8.20. The van der Waals surface area contributed by atoms with E-state index in [9.17, 15) is 22.8 Å². The fourth-order valence-corrected chi connectivity index (χ4v) is 3.66. The third kappa shape index (κ3) is 4.57. The quantitative estimate of drug-likeness (QED) is 0.247. The van der Waals surface area contributed by atoms with Crippen LogP contribution in [0, 0.1) is 17.1 Å². The highest BCUT2D eigenvalue weighted by molar-refractivity contribution is 7.11. The number of aromatic nitrogens is 1. The molecular formula is C23H12F4N2OS. The van der Waals surface area contributed by atoms with Crippen LogP contribution in [0.1, 0.15) is 16.3 Å². The lowest BCUT2D eigenvalue weighted by atomic mass is 10.1. The van der Waals surface area contributed by atoms with E-state index in [1.165, 1.54) is 41.7 Å². The van der Waals surface area contributed by atoms with Crippen molar-refractivity contribution < 1.29 is 22.0 Å². The van der Waals surface area contributed by atoms with Crippen LogP contribution < -0.4 is 0 Å². The highest BCUT2D eigenvalue weighted by Crippen LogP contribution is 2.33. The summed E-state index contributed by atoms with van der Waals surface area (Å²) in [4.78, 5) is 4.42. The Balaban J connectivity index is 1.61. The largest absolute Gasteiger partial charge is 0.457 e. The van der Waals surface area contributed by atoms with Gasteiger partial charge in [0.2, 0.25) is 0 Å². The minimum Gasteiger partial charge on any atom is -0.457 e. The molecule has 0 fully saturated rings. The molecule has 0 aliphatic rings. The van der Waals surface area contributed by atoms with Crippen molar-refractivity contribution in [3.05, 3.63) is 88.2 Å².